The van der Waals surface area contributed by atoms with Gasteiger partial charge in [0.05, 0.1) is 5.60 Å². The van der Waals surface area contributed by atoms with Crippen molar-refractivity contribution in [2.24, 2.45) is 17.3 Å². The van der Waals surface area contributed by atoms with Crippen molar-refractivity contribution < 1.29 is 5.11 Å². The van der Waals surface area contributed by atoms with Gasteiger partial charge >= 0.3 is 0 Å². The molecule has 0 aromatic heterocycles. The molecule has 2 rings (SSSR count). The van der Waals surface area contributed by atoms with Crippen LogP contribution in [0, 0.1) is 17.3 Å². The molecule has 3 unspecified atom stereocenters. The van der Waals surface area contributed by atoms with Crippen molar-refractivity contribution in [3.8, 4) is 0 Å². The fourth-order valence-corrected chi connectivity index (χ4v) is 3.79. The lowest BCUT2D eigenvalue weighted by molar-refractivity contribution is -0.0870. The van der Waals surface area contributed by atoms with E-state index in [4.69, 9.17) is 0 Å². The summed E-state index contributed by atoms with van der Waals surface area (Å²) < 4.78 is 0. The molecular formula is C15H26O. The van der Waals surface area contributed by atoms with Gasteiger partial charge in [0.2, 0.25) is 0 Å². The van der Waals surface area contributed by atoms with Gasteiger partial charge in [-0.2, -0.15) is 0 Å². The summed E-state index contributed by atoms with van der Waals surface area (Å²) in [6.07, 6.45) is 8.10. The number of aliphatic hydroxyl groups is 1. The third-order valence-corrected chi connectivity index (χ3v) is 5.06. The van der Waals surface area contributed by atoms with Crippen molar-refractivity contribution in [3.05, 3.63) is 11.6 Å². The highest BCUT2D eigenvalue weighted by Gasteiger charge is 2.50. The lowest BCUT2D eigenvalue weighted by Gasteiger charge is -2.47. The maximum atomic E-state index is 11.0. The molecule has 1 saturated carbocycles. The first-order valence-corrected chi connectivity index (χ1v) is 6.76. The maximum absolute atomic E-state index is 11.0. The van der Waals surface area contributed by atoms with Crippen LogP contribution in [-0.2, 0) is 0 Å². The van der Waals surface area contributed by atoms with E-state index >= 15 is 0 Å². The molecule has 0 aromatic rings. The average molecular weight is 222 g/mol. The summed E-state index contributed by atoms with van der Waals surface area (Å²) in [7, 11) is 0. The fourth-order valence-electron chi connectivity index (χ4n) is 3.79. The molecular weight excluding hydrogens is 196 g/mol. The van der Waals surface area contributed by atoms with Crippen LogP contribution in [0.25, 0.3) is 0 Å². The molecule has 2 aliphatic carbocycles. The smallest absolute Gasteiger partial charge is 0.0743 e. The Kier molecular flexibility index (Phi) is 2.94. The van der Waals surface area contributed by atoms with Crippen molar-refractivity contribution in [2.75, 3.05) is 0 Å². The van der Waals surface area contributed by atoms with E-state index in [1.165, 1.54) is 24.8 Å². The largest absolute Gasteiger partial charge is 0.389 e. The molecule has 0 saturated heterocycles. The van der Waals surface area contributed by atoms with Gasteiger partial charge in [-0.1, -0.05) is 38.8 Å². The van der Waals surface area contributed by atoms with Crippen molar-refractivity contribution in [2.45, 2.75) is 65.4 Å². The second-order valence-electron chi connectivity index (χ2n) is 6.76. The summed E-state index contributed by atoms with van der Waals surface area (Å²) >= 11 is 0. The summed E-state index contributed by atoms with van der Waals surface area (Å²) in [6, 6.07) is 0. The average Bonchev–Trinajstić information content (AvgIpc) is 2.28. The van der Waals surface area contributed by atoms with Crippen molar-refractivity contribution in [1.82, 2.24) is 0 Å². The summed E-state index contributed by atoms with van der Waals surface area (Å²) in [6.45, 7) is 9.11. The van der Waals surface area contributed by atoms with E-state index in [1.807, 2.05) is 0 Å². The zero-order chi connectivity index (χ0) is 12.0. The molecule has 16 heavy (non-hydrogen) atoms. The van der Waals surface area contributed by atoms with Gasteiger partial charge in [0.1, 0.15) is 0 Å². The molecule has 0 bridgehead atoms. The monoisotopic (exact) mass is 222 g/mol. The minimum absolute atomic E-state index is 0.251. The van der Waals surface area contributed by atoms with Crippen LogP contribution in [0.4, 0.5) is 0 Å². The van der Waals surface area contributed by atoms with Gasteiger partial charge in [-0.05, 0) is 43.9 Å². The third kappa shape index (κ3) is 1.84. The van der Waals surface area contributed by atoms with Gasteiger partial charge in [0, 0.05) is 5.92 Å². The third-order valence-electron chi connectivity index (χ3n) is 5.06. The second-order valence-corrected chi connectivity index (χ2v) is 6.76. The summed E-state index contributed by atoms with van der Waals surface area (Å²) in [5.41, 5.74) is 1.28. The summed E-state index contributed by atoms with van der Waals surface area (Å²) in [5.74, 6) is 0.801. The quantitative estimate of drug-likeness (QED) is 0.616. The molecule has 0 amide bonds. The van der Waals surface area contributed by atoms with Crippen LogP contribution in [0.1, 0.15) is 59.8 Å². The Bertz CT molecular complexity index is 303. The zero-order valence-electron chi connectivity index (χ0n) is 11.2. The Morgan fingerprint density at radius 2 is 2.00 bits per heavy atom. The highest BCUT2D eigenvalue weighted by molar-refractivity contribution is 5.17. The van der Waals surface area contributed by atoms with E-state index < -0.39 is 5.60 Å². The molecule has 3 atom stereocenters. The minimum Gasteiger partial charge on any atom is -0.389 e. The summed E-state index contributed by atoms with van der Waals surface area (Å²) in [5, 5.41) is 11.0. The van der Waals surface area contributed by atoms with Crippen LogP contribution in [0.3, 0.4) is 0 Å². The molecule has 1 fully saturated rings. The number of hydrogen-bond acceptors (Lipinski definition) is 1. The van der Waals surface area contributed by atoms with Gasteiger partial charge < -0.3 is 5.11 Å². The van der Waals surface area contributed by atoms with Crippen LogP contribution >= 0.6 is 0 Å². The van der Waals surface area contributed by atoms with Gasteiger partial charge in [0.25, 0.3) is 0 Å². The highest BCUT2D eigenvalue weighted by atomic mass is 16.3. The van der Waals surface area contributed by atoms with Crippen LogP contribution in [0.15, 0.2) is 11.6 Å². The maximum Gasteiger partial charge on any atom is 0.0743 e. The molecule has 0 spiro atoms. The van der Waals surface area contributed by atoms with E-state index in [2.05, 4.69) is 33.8 Å². The van der Waals surface area contributed by atoms with Crippen LogP contribution in [0.2, 0.25) is 0 Å². The van der Waals surface area contributed by atoms with E-state index in [0.717, 1.165) is 12.8 Å². The lowest BCUT2D eigenvalue weighted by atomic mass is 9.61. The Labute approximate surface area is 99.9 Å². The van der Waals surface area contributed by atoms with Crippen molar-refractivity contribution >= 4 is 0 Å². The topological polar surface area (TPSA) is 20.2 Å². The van der Waals surface area contributed by atoms with Crippen molar-refractivity contribution in [1.29, 1.82) is 0 Å². The minimum atomic E-state index is -0.445. The Hall–Kier alpha value is -0.300. The molecule has 1 nitrogen and oxygen atoms in total. The molecule has 1 heteroatoms. The zero-order valence-corrected chi connectivity index (χ0v) is 11.2. The van der Waals surface area contributed by atoms with Crippen LogP contribution < -0.4 is 0 Å². The SMILES string of the molecule is CC1=CC2C(C)(C)CCCC(C)C2(O)CC1. The van der Waals surface area contributed by atoms with Crippen LogP contribution in [-0.4, -0.2) is 10.7 Å². The first kappa shape index (κ1) is 12.2. The van der Waals surface area contributed by atoms with Gasteiger partial charge in [-0.25, -0.2) is 0 Å². The van der Waals surface area contributed by atoms with Gasteiger partial charge in [-0.15, -0.1) is 0 Å². The Morgan fingerprint density at radius 3 is 2.69 bits per heavy atom. The summed E-state index contributed by atoms with van der Waals surface area (Å²) in [4.78, 5) is 0. The highest BCUT2D eigenvalue weighted by Crippen LogP contribution is 2.52. The van der Waals surface area contributed by atoms with E-state index in [1.54, 1.807) is 0 Å². The Balaban J connectivity index is 2.42. The van der Waals surface area contributed by atoms with Gasteiger partial charge in [-0.3, -0.25) is 0 Å². The Morgan fingerprint density at radius 1 is 1.31 bits per heavy atom. The van der Waals surface area contributed by atoms with Crippen molar-refractivity contribution in [3.63, 3.8) is 0 Å². The molecule has 2 aliphatic rings. The first-order valence-electron chi connectivity index (χ1n) is 6.76. The van der Waals surface area contributed by atoms with Crippen LogP contribution in [0.5, 0.6) is 0 Å². The number of fused-ring (bicyclic) bond motifs is 1. The number of rotatable bonds is 0. The molecule has 92 valence electrons. The predicted molar refractivity (Wildman–Crippen MR) is 68.2 cm³/mol. The molecule has 0 heterocycles. The fraction of sp³-hybridized carbons (Fsp3) is 0.867. The lowest BCUT2D eigenvalue weighted by Crippen LogP contribution is -2.49. The predicted octanol–water partition coefficient (Wildman–Crippen LogP) is 3.92. The molecule has 0 aliphatic heterocycles. The second kappa shape index (κ2) is 3.87. The van der Waals surface area contributed by atoms with Gasteiger partial charge in [0.15, 0.2) is 0 Å². The first-order chi connectivity index (χ1) is 7.36. The molecule has 0 aromatic carbocycles. The number of allylic oxidation sites excluding steroid dienone is 1. The number of hydrogen-bond donors (Lipinski definition) is 1. The standard InChI is InChI=1S/C15H26O/c1-11-7-9-15(16)12(2)6-5-8-14(3,4)13(15)10-11/h10,12-13,16H,5-9H2,1-4H3. The normalized spacial score (nSPS) is 43.2. The molecule has 0 radical (unpaired) electrons. The van der Waals surface area contributed by atoms with E-state index in [-0.39, 0.29) is 5.41 Å². The van der Waals surface area contributed by atoms with E-state index in [9.17, 15) is 5.11 Å². The van der Waals surface area contributed by atoms with E-state index in [0.29, 0.717) is 11.8 Å². The molecule has 1 N–H and O–H groups in total.